The second kappa shape index (κ2) is 4.48. The number of aldehydes is 1. The van der Waals surface area contributed by atoms with Gasteiger partial charge in [-0.1, -0.05) is 0 Å². The van der Waals surface area contributed by atoms with Crippen molar-refractivity contribution in [3.05, 3.63) is 29.8 Å². The summed E-state index contributed by atoms with van der Waals surface area (Å²) >= 11 is 0. The Morgan fingerprint density at radius 2 is 1.94 bits per heavy atom. The molecule has 0 saturated carbocycles. The molecule has 1 aromatic carbocycles. The second-order valence-corrected chi connectivity index (χ2v) is 4.22. The molecule has 0 bridgehead atoms. The van der Waals surface area contributed by atoms with Crippen molar-refractivity contribution in [2.45, 2.75) is 12.5 Å². The molecule has 0 radical (unpaired) electrons. The lowest BCUT2D eigenvalue weighted by Crippen LogP contribution is -2.48. The maximum absolute atomic E-state index is 11.5. The number of nitrogens with one attached hydrogen (secondary N) is 2. The molecule has 0 aromatic heterocycles. The van der Waals surface area contributed by atoms with Gasteiger partial charge in [-0.25, -0.2) is 4.79 Å². The molecule has 2 rings (SSSR count). The molecule has 0 aliphatic carbocycles. The Morgan fingerprint density at radius 1 is 1.28 bits per heavy atom. The summed E-state index contributed by atoms with van der Waals surface area (Å²) in [5.74, 6) is 0.104. The Balaban J connectivity index is 2.00. The molecule has 3 amide bonds. The van der Waals surface area contributed by atoms with Gasteiger partial charge in [-0.15, -0.1) is 0 Å². The normalized spacial score (nSPS) is 22.3. The topological polar surface area (TPSA) is 84.5 Å². The van der Waals surface area contributed by atoms with E-state index in [1.807, 2.05) is 0 Å². The minimum atomic E-state index is -1.07. The van der Waals surface area contributed by atoms with Crippen LogP contribution in [-0.4, -0.2) is 30.4 Å². The number of urea groups is 1. The number of amides is 3. The minimum absolute atomic E-state index is 0.0189. The first-order valence-electron chi connectivity index (χ1n) is 5.35. The summed E-state index contributed by atoms with van der Waals surface area (Å²) in [5.41, 5.74) is -0.527. The highest BCUT2D eigenvalue weighted by Crippen LogP contribution is 2.15. The fourth-order valence-corrected chi connectivity index (χ4v) is 1.55. The maximum Gasteiger partial charge on any atom is 0.322 e. The third-order valence-electron chi connectivity index (χ3n) is 2.66. The van der Waals surface area contributed by atoms with Crippen LogP contribution in [0.1, 0.15) is 17.3 Å². The van der Waals surface area contributed by atoms with Crippen LogP contribution in [0.4, 0.5) is 4.79 Å². The number of carbonyl (C=O) groups excluding carboxylic acids is 3. The first-order chi connectivity index (χ1) is 8.53. The fraction of sp³-hybridized carbons (Fsp3) is 0.250. The van der Waals surface area contributed by atoms with E-state index in [0.29, 0.717) is 11.3 Å². The summed E-state index contributed by atoms with van der Waals surface area (Å²) < 4.78 is 5.42. The number of imide groups is 1. The molecule has 1 saturated heterocycles. The zero-order valence-electron chi connectivity index (χ0n) is 9.73. The Hall–Kier alpha value is -2.37. The summed E-state index contributed by atoms with van der Waals surface area (Å²) in [4.78, 5) is 33.0. The molecule has 18 heavy (non-hydrogen) atoms. The summed E-state index contributed by atoms with van der Waals surface area (Å²) in [5, 5.41) is 4.64. The van der Waals surface area contributed by atoms with Crippen LogP contribution in [0.5, 0.6) is 5.75 Å². The third kappa shape index (κ3) is 2.32. The van der Waals surface area contributed by atoms with Crippen molar-refractivity contribution in [2.75, 3.05) is 6.61 Å². The number of rotatable bonds is 4. The van der Waals surface area contributed by atoms with Crippen molar-refractivity contribution in [3.63, 3.8) is 0 Å². The standard InChI is InChI=1S/C12H12N2O4/c1-12(10(16)13-11(17)14-12)7-18-9-4-2-8(6-15)3-5-9/h2-6H,7H2,1H3,(H2,13,14,16,17). The van der Waals surface area contributed by atoms with Crippen LogP contribution in [0.3, 0.4) is 0 Å². The van der Waals surface area contributed by atoms with Gasteiger partial charge in [0.1, 0.15) is 18.6 Å². The van der Waals surface area contributed by atoms with Crippen molar-refractivity contribution in [1.29, 1.82) is 0 Å². The monoisotopic (exact) mass is 248 g/mol. The van der Waals surface area contributed by atoms with Gasteiger partial charge in [0.05, 0.1) is 0 Å². The van der Waals surface area contributed by atoms with E-state index in [-0.39, 0.29) is 6.61 Å². The summed E-state index contributed by atoms with van der Waals surface area (Å²) in [7, 11) is 0. The zero-order valence-corrected chi connectivity index (χ0v) is 9.73. The Morgan fingerprint density at radius 3 is 2.44 bits per heavy atom. The van der Waals surface area contributed by atoms with E-state index >= 15 is 0 Å². The van der Waals surface area contributed by atoms with Gasteiger partial charge in [0.15, 0.2) is 5.54 Å². The highest BCUT2D eigenvalue weighted by molar-refractivity contribution is 6.06. The molecule has 2 N–H and O–H groups in total. The van der Waals surface area contributed by atoms with E-state index in [4.69, 9.17) is 4.74 Å². The SMILES string of the molecule is CC1(COc2ccc(C=O)cc2)NC(=O)NC1=O. The van der Waals surface area contributed by atoms with Crippen molar-refractivity contribution >= 4 is 18.2 Å². The predicted molar refractivity (Wildman–Crippen MR) is 62.4 cm³/mol. The van der Waals surface area contributed by atoms with Crippen LogP contribution in [0.15, 0.2) is 24.3 Å². The molecule has 94 valence electrons. The van der Waals surface area contributed by atoms with Crippen molar-refractivity contribution in [3.8, 4) is 5.75 Å². The highest BCUT2D eigenvalue weighted by Gasteiger charge is 2.42. The van der Waals surface area contributed by atoms with Gasteiger partial charge in [0.25, 0.3) is 5.91 Å². The van der Waals surface area contributed by atoms with E-state index in [9.17, 15) is 14.4 Å². The second-order valence-electron chi connectivity index (χ2n) is 4.22. The Labute approximate surface area is 103 Å². The van der Waals surface area contributed by atoms with Crippen molar-refractivity contribution in [2.24, 2.45) is 0 Å². The van der Waals surface area contributed by atoms with Crippen LogP contribution in [0.25, 0.3) is 0 Å². The largest absolute Gasteiger partial charge is 0.491 e. The van der Waals surface area contributed by atoms with Gasteiger partial charge in [-0.3, -0.25) is 14.9 Å². The molecule has 6 nitrogen and oxygen atoms in total. The smallest absolute Gasteiger partial charge is 0.322 e. The first-order valence-corrected chi connectivity index (χ1v) is 5.35. The van der Waals surface area contributed by atoms with E-state index in [1.54, 1.807) is 31.2 Å². The van der Waals surface area contributed by atoms with E-state index in [2.05, 4.69) is 10.6 Å². The first kappa shape index (κ1) is 12.1. The zero-order chi connectivity index (χ0) is 13.2. The van der Waals surface area contributed by atoms with Crippen LogP contribution >= 0.6 is 0 Å². The van der Waals surface area contributed by atoms with Crippen LogP contribution < -0.4 is 15.4 Å². The predicted octanol–water partition coefficient (Wildman–Crippen LogP) is 0.476. The van der Waals surface area contributed by atoms with Gasteiger partial charge < -0.3 is 10.1 Å². The lowest BCUT2D eigenvalue weighted by Gasteiger charge is -2.20. The number of ether oxygens (including phenoxy) is 1. The van der Waals surface area contributed by atoms with Crippen LogP contribution in [0.2, 0.25) is 0 Å². The lowest BCUT2D eigenvalue weighted by molar-refractivity contribution is -0.124. The van der Waals surface area contributed by atoms with Gasteiger partial charge in [0.2, 0.25) is 0 Å². The average Bonchev–Trinajstić information content (AvgIpc) is 2.61. The number of carbonyl (C=O) groups is 3. The van der Waals surface area contributed by atoms with Crippen LogP contribution in [0, 0.1) is 0 Å². The average molecular weight is 248 g/mol. The molecule has 6 heteroatoms. The summed E-state index contributed by atoms with van der Waals surface area (Å²) in [6.07, 6.45) is 0.732. The molecule has 1 unspecified atom stereocenters. The van der Waals surface area contributed by atoms with Gasteiger partial charge in [0, 0.05) is 5.56 Å². The van der Waals surface area contributed by atoms with Gasteiger partial charge in [-0.05, 0) is 31.2 Å². The molecular weight excluding hydrogens is 236 g/mol. The maximum atomic E-state index is 11.5. The van der Waals surface area contributed by atoms with E-state index in [0.717, 1.165) is 6.29 Å². The molecular formula is C12H12N2O4. The minimum Gasteiger partial charge on any atom is -0.491 e. The number of hydrogen-bond acceptors (Lipinski definition) is 4. The molecule has 1 fully saturated rings. The lowest BCUT2D eigenvalue weighted by atomic mass is 10.1. The molecule has 1 atom stereocenters. The number of hydrogen-bond donors (Lipinski definition) is 2. The van der Waals surface area contributed by atoms with E-state index in [1.165, 1.54) is 0 Å². The summed E-state index contributed by atoms with van der Waals surface area (Å²) in [6.45, 7) is 1.60. The fourth-order valence-electron chi connectivity index (χ4n) is 1.55. The van der Waals surface area contributed by atoms with Gasteiger partial charge in [-0.2, -0.15) is 0 Å². The Bertz CT molecular complexity index is 497. The van der Waals surface area contributed by atoms with Crippen molar-refractivity contribution < 1.29 is 19.1 Å². The number of benzene rings is 1. The molecule has 1 aromatic rings. The molecule has 1 aliphatic heterocycles. The quantitative estimate of drug-likeness (QED) is 0.599. The van der Waals surface area contributed by atoms with Crippen molar-refractivity contribution in [1.82, 2.24) is 10.6 Å². The molecule has 1 heterocycles. The molecule has 0 spiro atoms. The van der Waals surface area contributed by atoms with Crippen LogP contribution in [-0.2, 0) is 4.79 Å². The third-order valence-corrected chi connectivity index (χ3v) is 2.66. The van der Waals surface area contributed by atoms with Gasteiger partial charge >= 0.3 is 6.03 Å². The van der Waals surface area contributed by atoms with E-state index < -0.39 is 17.5 Å². The molecule has 1 aliphatic rings. The summed E-state index contributed by atoms with van der Waals surface area (Å²) in [6, 6.07) is 5.95. The Kier molecular flexibility index (Phi) is 3.01. The highest BCUT2D eigenvalue weighted by atomic mass is 16.5.